The normalized spacial score (nSPS) is 12.1. The van der Waals surface area contributed by atoms with Crippen molar-refractivity contribution in [2.75, 3.05) is 11.4 Å². The number of amides is 2. The van der Waals surface area contributed by atoms with Gasteiger partial charge in [0, 0.05) is 18.7 Å². The van der Waals surface area contributed by atoms with Crippen LogP contribution >= 0.6 is 0 Å². The second-order valence-corrected chi connectivity index (χ2v) is 9.23. The van der Waals surface area contributed by atoms with Crippen LogP contribution in [-0.4, -0.2) is 24.1 Å². The van der Waals surface area contributed by atoms with Crippen molar-refractivity contribution in [2.24, 2.45) is 5.73 Å². The number of benzene rings is 3. The Morgan fingerprint density at radius 2 is 1.54 bits per heavy atom. The molecule has 1 unspecified atom stereocenters. The van der Waals surface area contributed by atoms with Crippen LogP contribution in [0.15, 0.2) is 78.9 Å². The van der Waals surface area contributed by atoms with Crippen molar-refractivity contribution in [3.8, 4) is 0 Å². The maximum absolute atomic E-state index is 14.1. The summed E-state index contributed by atoms with van der Waals surface area (Å²) in [6.07, 6.45) is 0.843. The number of halogens is 1. The van der Waals surface area contributed by atoms with E-state index >= 15 is 0 Å². The van der Waals surface area contributed by atoms with Crippen LogP contribution in [0.3, 0.4) is 0 Å². The second-order valence-electron chi connectivity index (χ2n) is 9.23. The Morgan fingerprint density at radius 1 is 0.943 bits per heavy atom. The molecule has 3 aromatic carbocycles. The van der Waals surface area contributed by atoms with E-state index in [0.29, 0.717) is 13.0 Å². The van der Waals surface area contributed by atoms with Gasteiger partial charge < -0.3 is 15.4 Å². The standard InChI is InChI=1S/C29H33FN2O3/c1-4-21-12-16-25(17-13-21)32(19-18-22-10-14-24(30)15-11-22)27(33)26(23-8-6-5-7-9-23)20-29(2,3)35-28(31)34/h5-17,26H,4,18-20H2,1-3H3,(H2,31,34). The Hall–Kier alpha value is -3.67. The zero-order valence-electron chi connectivity index (χ0n) is 20.5. The molecule has 0 bridgehead atoms. The van der Waals surface area contributed by atoms with Gasteiger partial charge in [0.05, 0.1) is 5.92 Å². The topological polar surface area (TPSA) is 72.6 Å². The lowest BCUT2D eigenvalue weighted by Gasteiger charge is -2.33. The number of aryl methyl sites for hydroxylation is 1. The van der Waals surface area contributed by atoms with Crippen molar-refractivity contribution in [3.63, 3.8) is 0 Å². The summed E-state index contributed by atoms with van der Waals surface area (Å²) in [7, 11) is 0. The van der Waals surface area contributed by atoms with Crippen LogP contribution in [0.25, 0.3) is 0 Å². The molecule has 0 saturated heterocycles. The van der Waals surface area contributed by atoms with E-state index in [1.54, 1.807) is 30.9 Å². The molecule has 184 valence electrons. The van der Waals surface area contributed by atoms with Crippen LogP contribution < -0.4 is 10.6 Å². The highest BCUT2D eigenvalue weighted by atomic mass is 19.1. The number of nitrogens with two attached hydrogens (primary N) is 1. The molecule has 0 aliphatic rings. The van der Waals surface area contributed by atoms with Gasteiger partial charge in [-0.05, 0) is 67.6 Å². The van der Waals surface area contributed by atoms with Crippen LogP contribution in [0.5, 0.6) is 0 Å². The monoisotopic (exact) mass is 476 g/mol. The smallest absolute Gasteiger partial charge is 0.405 e. The molecule has 0 spiro atoms. The van der Waals surface area contributed by atoms with Gasteiger partial charge in [-0.2, -0.15) is 0 Å². The zero-order valence-corrected chi connectivity index (χ0v) is 20.5. The van der Waals surface area contributed by atoms with Crippen LogP contribution in [-0.2, 0) is 22.4 Å². The molecule has 6 heteroatoms. The molecule has 3 rings (SSSR count). The van der Waals surface area contributed by atoms with Gasteiger partial charge in [0.15, 0.2) is 0 Å². The van der Waals surface area contributed by atoms with E-state index in [0.717, 1.165) is 23.2 Å². The average Bonchev–Trinajstić information content (AvgIpc) is 2.84. The number of nitrogens with zero attached hydrogens (tertiary/aromatic N) is 1. The first-order valence-corrected chi connectivity index (χ1v) is 11.9. The number of hydrogen-bond acceptors (Lipinski definition) is 3. The largest absolute Gasteiger partial charge is 0.444 e. The Kier molecular flexibility index (Phi) is 8.63. The van der Waals surface area contributed by atoms with Gasteiger partial charge in [-0.3, -0.25) is 4.79 Å². The molecule has 5 nitrogen and oxygen atoms in total. The Labute approximate surface area is 206 Å². The molecule has 35 heavy (non-hydrogen) atoms. The molecule has 3 aromatic rings. The third-order valence-corrected chi connectivity index (χ3v) is 6.03. The molecular weight excluding hydrogens is 443 g/mol. The summed E-state index contributed by atoms with van der Waals surface area (Å²) in [5.74, 6) is -0.967. The van der Waals surface area contributed by atoms with Crippen molar-refractivity contribution in [1.82, 2.24) is 0 Å². The molecule has 0 fully saturated rings. The van der Waals surface area contributed by atoms with Crippen LogP contribution in [0.1, 0.15) is 49.8 Å². The predicted octanol–water partition coefficient (Wildman–Crippen LogP) is 6.01. The van der Waals surface area contributed by atoms with E-state index < -0.39 is 17.6 Å². The van der Waals surface area contributed by atoms with Gasteiger partial charge in [0.25, 0.3) is 0 Å². The number of anilines is 1. The van der Waals surface area contributed by atoms with Gasteiger partial charge in [0.1, 0.15) is 11.4 Å². The third-order valence-electron chi connectivity index (χ3n) is 6.03. The van der Waals surface area contributed by atoms with Gasteiger partial charge >= 0.3 is 6.09 Å². The molecule has 0 saturated carbocycles. The number of ether oxygens (including phenoxy) is 1. The molecule has 0 aliphatic heterocycles. The van der Waals surface area contributed by atoms with E-state index in [1.807, 2.05) is 54.6 Å². The van der Waals surface area contributed by atoms with E-state index in [1.165, 1.54) is 17.7 Å². The molecule has 2 amide bonds. The van der Waals surface area contributed by atoms with E-state index in [4.69, 9.17) is 10.5 Å². The van der Waals surface area contributed by atoms with E-state index in [2.05, 4.69) is 6.92 Å². The summed E-state index contributed by atoms with van der Waals surface area (Å²) in [4.78, 5) is 27.4. The van der Waals surface area contributed by atoms with Crippen LogP contribution in [0, 0.1) is 5.82 Å². The predicted molar refractivity (Wildman–Crippen MR) is 137 cm³/mol. The maximum atomic E-state index is 14.1. The molecule has 0 aliphatic carbocycles. The van der Waals surface area contributed by atoms with Gasteiger partial charge in [-0.1, -0.05) is 61.5 Å². The molecule has 0 aromatic heterocycles. The fourth-order valence-electron chi connectivity index (χ4n) is 4.20. The van der Waals surface area contributed by atoms with Crippen molar-refractivity contribution in [2.45, 2.75) is 51.6 Å². The first-order chi connectivity index (χ1) is 16.7. The summed E-state index contributed by atoms with van der Waals surface area (Å²) in [5, 5.41) is 0. The highest BCUT2D eigenvalue weighted by molar-refractivity contribution is 5.98. The Balaban J connectivity index is 1.96. The first kappa shape index (κ1) is 25.9. The Morgan fingerprint density at radius 3 is 2.11 bits per heavy atom. The number of hydrogen-bond donors (Lipinski definition) is 1. The first-order valence-electron chi connectivity index (χ1n) is 11.9. The summed E-state index contributed by atoms with van der Waals surface area (Å²) >= 11 is 0. The minimum atomic E-state index is -0.948. The lowest BCUT2D eigenvalue weighted by Crippen LogP contribution is -2.41. The van der Waals surface area contributed by atoms with Gasteiger partial charge in [-0.25, -0.2) is 9.18 Å². The highest BCUT2D eigenvalue weighted by Crippen LogP contribution is 2.32. The van der Waals surface area contributed by atoms with Gasteiger partial charge in [-0.15, -0.1) is 0 Å². The molecular formula is C29H33FN2O3. The van der Waals surface area contributed by atoms with E-state index in [-0.39, 0.29) is 18.1 Å². The van der Waals surface area contributed by atoms with Crippen molar-refractivity contribution in [1.29, 1.82) is 0 Å². The van der Waals surface area contributed by atoms with Crippen molar-refractivity contribution >= 4 is 17.7 Å². The second kappa shape index (κ2) is 11.6. The zero-order chi connectivity index (χ0) is 25.4. The SMILES string of the molecule is CCc1ccc(N(CCc2ccc(F)cc2)C(=O)C(CC(C)(C)OC(N)=O)c2ccccc2)cc1. The lowest BCUT2D eigenvalue weighted by molar-refractivity contribution is -0.121. The fourth-order valence-corrected chi connectivity index (χ4v) is 4.20. The molecule has 2 N–H and O–H groups in total. The van der Waals surface area contributed by atoms with Crippen LogP contribution in [0.2, 0.25) is 0 Å². The Bertz CT molecular complexity index is 1110. The summed E-state index contributed by atoms with van der Waals surface area (Å²) in [6, 6.07) is 23.7. The minimum absolute atomic E-state index is 0.108. The molecule has 0 radical (unpaired) electrons. The molecule has 0 heterocycles. The average molecular weight is 477 g/mol. The number of rotatable bonds is 10. The minimum Gasteiger partial charge on any atom is -0.444 e. The van der Waals surface area contributed by atoms with Gasteiger partial charge in [0.2, 0.25) is 5.91 Å². The number of carbonyl (C=O) groups excluding carboxylic acids is 2. The fraction of sp³-hybridized carbons (Fsp3) is 0.310. The van der Waals surface area contributed by atoms with Crippen molar-refractivity contribution < 1.29 is 18.7 Å². The maximum Gasteiger partial charge on any atom is 0.405 e. The summed E-state index contributed by atoms with van der Waals surface area (Å²) < 4.78 is 18.7. The van der Waals surface area contributed by atoms with E-state index in [9.17, 15) is 14.0 Å². The lowest BCUT2D eigenvalue weighted by atomic mass is 9.86. The quantitative estimate of drug-likeness (QED) is 0.389. The van der Waals surface area contributed by atoms with Crippen molar-refractivity contribution in [3.05, 3.63) is 101 Å². The summed E-state index contributed by atoms with van der Waals surface area (Å²) in [5.41, 5.74) is 8.06. The molecule has 1 atom stereocenters. The summed E-state index contributed by atoms with van der Waals surface area (Å²) in [6.45, 7) is 5.99. The highest BCUT2D eigenvalue weighted by Gasteiger charge is 2.34. The van der Waals surface area contributed by atoms with Crippen LogP contribution in [0.4, 0.5) is 14.9 Å². The number of primary amides is 1. The third kappa shape index (κ3) is 7.41. The number of carbonyl (C=O) groups is 2.